The molecular weight excluding hydrogens is 617 g/mol. The van der Waals surface area contributed by atoms with Crippen LogP contribution in [0.25, 0.3) is 0 Å². The van der Waals surface area contributed by atoms with Crippen LogP contribution in [0.1, 0.15) is 226 Å². The second-order valence-electron chi connectivity index (χ2n) is 16.0. The molecule has 0 aromatic carbocycles. The van der Waals surface area contributed by atoms with Crippen molar-refractivity contribution in [3.05, 3.63) is 48.6 Å². The van der Waals surface area contributed by atoms with Crippen molar-refractivity contribution in [1.29, 1.82) is 0 Å². The maximum Gasteiger partial charge on any atom is 0.00952 e. The van der Waals surface area contributed by atoms with E-state index in [-0.39, 0.29) is 0 Å². The molecule has 0 aliphatic carbocycles. The molecule has 0 bridgehead atoms. The van der Waals surface area contributed by atoms with Crippen LogP contribution in [0.4, 0.5) is 0 Å². The number of nitrogens with zero attached hydrogens (tertiary/aromatic N) is 2. The van der Waals surface area contributed by atoms with E-state index >= 15 is 0 Å². The number of allylic oxidation sites excluding steroid dienone is 8. The molecule has 0 spiro atoms. The van der Waals surface area contributed by atoms with Crippen LogP contribution in [-0.2, 0) is 0 Å². The lowest BCUT2D eigenvalue weighted by Crippen LogP contribution is -2.38. The van der Waals surface area contributed by atoms with E-state index in [2.05, 4.69) is 93.3 Å². The lowest BCUT2D eigenvalue weighted by Gasteiger charge is -2.33. The van der Waals surface area contributed by atoms with E-state index in [1.165, 1.54) is 212 Å². The van der Waals surface area contributed by atoms with E-state index in [0.717, 1.165) is 18.9 Å². The number of rotatable bonds is 41. The highest BCUT2D eigenvalue weighted by Crippen LogP contribution is 2.21. The zero-order valence-electron chi connectivity index (χ0n) is 35.8. The van der Waals surface area contributed by atoms with Gasteiger partial charge in [0.15, 0.2) is 0 Å². The Morgan fingerprint density at radius 2 is 0.667 bits per heavy atom. The fourth-order valence-corrected chi connectivity index (χ4v) is 7.23. The topological polar surface area (TPSA) is 6.48 Å². The first-order valence-electron chi connectivity index (χ1n) is 23.1. The maximum absolute atomic E-state index is 2.95. The SMILES string of the molecule is CCCCC/C=C\C/C=C\CCCCCCCCC(CCCCCCCC/C=C\C/C=C\CCCCC)N(CCCCCCC)CCCN(C)C. The van der Waals surface area contributed by atoms with Crippen LogP contribution in [0.15, 0.2) is 48.6 Å². The Bertz CT molecular complexity index is 714. The molecule has 0 aromatic rings. The van der Waals surface area contributed by atoms with Crippen LogP contribution in [0.2, 0.25) is 0 Å². The second-order valence-corrected chi connectivity index (χ2v) is 16.0. The van der Waals surface area contributed by atoms with Gasteiger partial charge in [0.25, 0.3) is 0 Å². The molecule has 0 unspecified atom stereocenters. The number of hydrogen-bond acceptors (Lipinski definition) is 2. The summed E-state index contributed by atoms with van der Waals surface area (Å²) in [6.45, 7) is 10.7. The summed E-state index contributed by atoms with van der Waals surface area (Å²) in [5.41, 5.74) is 0. The Hall–Kier alpha value is -1.12. The van der Waals surface area contributed by atoms with Crippen LogP contribution in [0.3, 0.4) is 0 Å². The van der Waals surface area contributed by atoms with E-state index in [1.807, 2.05) is 0 Å². The largest absolute Gasteiger partial charge is 0.309 e. The van der Waals surface area contributed by atoms with Crippen molar-refractivity contribution < 1.29 is 0 Å². The summed E-state index contributed by atoms with van der Waals surface area (Å²) in [6.07, 6.45) is 62.5. The van der Waals surface area contributed by atoms with E-state index < -0.39 is 0 Å². The van der Waals surface area contributed by atoms with Gasteiger partial charge in [-0.1, -0.05) is 185 Å². The Morgan fingerprint density at radius 1 is 0.333 bits per heavy atom. The molecule has 0 fully saturated rings. The summed E-state index contributed by atoms with van der Waals surface area (Å²) in [5.74, 6) is 0. The maximum atomic E-state index is 2.95. The molecule has 0 heterocycles. The minimum Gasteiger partial charge on any atom is -0.309 e. The van der Waals surface area contributed by atoms with Crippen LogP contribution >= 0.6 is 0 Å². The zero-order chi connectivity index (χ0) is 37.1. The highest BCUT2D eigenvalue weighted by atomic mass is 15.2. The summed E-state index contributed by atoms with van der Waals surface area (Å²) >= 11 is 0. The summed E-state index contributed by atoms with van der Waals surface area (Å²) in [6, 6.07) is 0.801. The second kappa shape index (κ2) is 43.3. The lowest BCUT2D eigenvalue weighted by atomic mass is 9.97. The molecule has 0 atom stereocenters. The average Bonchev–Trinajstić information content (AvgIpc) is 3.12. The van der Waals surface area contributed by atoms with Crippen molar-refractivity contribution in [2.45, 2.75) is 232 Å². The van der Waals surface area contributed by atoms with Crippen molar-refractivity contribution in [2.24, 2.45) is 0 Å². The summed E-state index contributed by atoms with van der Waals surface area (Å²) in [4.78, 5) is 5.33. The van der Waals surface area contributed by atoms with Gasteiger partial charge < -0.3 is 9.80 Å². The van der Waals surface area contributed by atoms with Gasteiger partial charge in [0, 0.05) is 6.04 Å². The molecule has 0 aromatic heterocycles. The van der Waals surface area contributed by atoms with Crippen molar-refractivity contribution in [3.8, 4) is 0 Å². The van der Waals surface area contributed by atoms with Crippen LogP contribution in [0, 0.1) is 0 Å². The highest BCUT2D eigenvalue weighted by molar-refractivity contribution is 4.93. The Kier molecular flexibility index (Phi) is 42.3. The Labute approximate surface area is 323 Å². The molecule has 2 nitrogen and oxygen atoms in total. The third-order valence-electron chi connectivity index (χ3n) is 10.6. The van der Waals surface area contributed by atoms with Crippen molar-refractivity contribution in [2.75, 3.05) is 33.7 Å². The van der Waals surface area contributed by atoms with Crippen molar-refractivity contribution >= 4 is 0 Å². The summed E-state index contributed by atoms with van der Waals surface area (Å²) < 4.78 is 0. The average molecular weight is 711 g/mol. The van der Waals surface area contributed by atoms with Crippen LogP contribution in [-0.4, -0.2) is 49.6 Å². The molecule has 0 N–H and O–H groups in total. The van der Waals surface area contributed by atoms with Gasteiger partial charge >= 0.3 is 0 Å². The normalized spacial score (nSPS) is 12.6. The van der Waals surface area contributed by atoms with Gasteiger partial charge in [-0.25, -0.2) is 0 Å². The minimum atomic E-state index is 0.801. The highest BCUT2D eigenvalue weighted by Gasteiger charge is 2.18. The van der Waals surface area contributed by atoms with E-state index in [9.17, 15) is 0 Å². The molecule has 0 radical (unpaired) electrons. The molecule has 0 rings (SSSR count). The third-order valence-corrected chi connectivity index (χ3v) is 10.6. The van der Waals surface area contributed by atoms with Gasteiger partial charge in [0.1, 0.15) is 0 Å². The molecular formula is C49H94N2. The fourth-order valence-electron chi connectivity index (χ4n) is 7.23. The smallest absolute Gasteiger partial charge is 0.00952 e. The van der Waals surface area contributed by atoms with E-state index in [4.69, 9.17) is 0 Å². The molecule has 2 heteroatoms. The first-order chi connectivity index (χ1) is 25.2. The molecule has 0 saturated carbocycles. The molecule has 0 aliphatic rings. The van der Waals surface area contributed by atoms with Gasteiger partial charge in [-0.15, -0.1) is 0 Å². The van der Waals surface area contributed by atoms with Gasteiger partial charge in [-0.2, -0.15) is 0 Å². The zero-order valence-corrected chi connectivity index (χ0v) is 35.8. The van der Waals surface area contributed by atoms with Crippen LogP contribution in [0.5, 0.6) is 0 Å². The molecule has 0 amide bonds. The molecule has 0 aliphatic heterocycles. The van der Waals surface area contributed by atoms with Crippen molar-refractivity contribution in [3.63, 3.8) is 0 Å². The number of hydrogen-bond donors (Lipinski definition) is 0. The monoisotopic (exact) mass is 711 g/mol. The van der Waals surface area contributed by atoms with E-state index in [0.29, 0.717) is 0 Å². The Balaban J connectivity index is 4.49. The molecule has 300 valence electrons. The van der Waals surface area contributed by atoms with E-state index in [1.54, 1.807) is 0 Å². The van der Waals surface area contributed by atoms with Gasteiger partial charge in [-0.3, -0.25) is 0 Å². The van der Waals surface area contributed by atoms with Gasteiger partial charge in [0.05, 0.1) is 0 Å². The first kappa shape index (κ1) is 49.9. The molecule has 51 heavy (non-hydrogen) atoms. The lowest BCUT2D eigenvalue weighted by molar-refractivity contribution is 0.159. The fraction of sp³-hybridized carbons (Fsp3) is 0.837. The molecule has 0 saturated heterocycles. The third kappa shape index (κ3) is 39.9. The van der Waals surface area contributed by atoms with Crippen LogP contribution < -0.4 is 0 Å². The summed E-state index contributed by atoms with van der Waals surface area (Å²) in [7, 11) is 4.47. The number of unbranched alkanes of at least 4 members (excludes halogenated alkanes) is 22. The predicted molar refractivity (Wildman–Crippen MR) is 235 cm³/mol. The van der Waals surface area contributed by atoms with Gasteiger partial charge in [0.2, 0.25) is 0 Å². The summed E-state index contributed by atoms with van der Waals surface area (Å²) in [5, 5.41) is 0. The quantitative estimate of drug-likeness (QED) is 0.0460. The van der Waals surface area contributed by atoms with Gasteiger partial charge in [-0.05, 0) is 124 Å². The standard InChI is InChI=1S/C49H94N2/c1-6-9-12-15-17-19-21-23-25-27-29-31-33-35-37-40-44-49(51(48-43-46-50(4)5)47-42-39-14-11-8-3)45-41-38-36-34-32-30-28-26-24-22-20-18-16-13-10-7-2/h17-20,23-26,49H,6-16,21-22,27-48H2,1-5H3/b19-17-,20-18-,25-23-,26-24-. The first-order valence-corrected chi connectivity index (χ1v) is 23.1. The Morgan fingerprint density at radius 3 is 1.10 bits per heavy atom. The predicted octanol–water partition coefficient (Wildman–Crippen LogP) is 16.0. The minimum absolute atomic E-state index is 0.801. The van der Waals surface area contributed by atoms with Crippen molar-refractivity contribution in [1.82, 2.24) is 9.80 Å².